The van der Waals surface area contributed by atoms with Crippen LogP contribution in [0.2, 0.25) is 0 Å². The van der Waals surface area contributed by atoms with Crippen LogP contribution in [0.4, 0.5) is 4.39 Å². The first-order chi connectivity index (χ1) is 23.2. The maximum absolute atomic E-state index is 14.3. The van der Waals surface area contributed by atoms with Crippen molar-refractivity contribution in [3.05, 3.63) is 102 Å². The smallest absolute Gasteiger partial charge is 0.257 e. The Morgan fingerprint density at radius 2 is 1.79 bits per heavy atom. The Kier molecular flexibility index (Phi) is 10.3. The molecule has 1 fully saturated rings. The molecule has 3 heterocycles. The summed E-state index contributed by atoms with van der Waals surface area (Å²) >= 11 is 0. The molecule has 1 saturated carbocycles. The van der Waals surface area contributed by atoms with Crippen molar-refractivity contribution in [2.24, 2.45) is 4.99 Å². The minimum Gasteiger partial charge on any atom is -0.438 e. The van der Waals surface area contributed by atoms with Crippen LogP contribution in [0.1, 0.15) is 48.5 Å². The molecule has 2 aromatic carbocycles. The molecule has 11 heteroatoms. The number of halogens is 1. The minimum atomic E-state index is -0.634. The number of amides is 2. The topological polar surface area (TPSA) is 119 Å². The van der Waals surface area contributed by atoms with Gasteiger partial charge in [0, 0.05) is 30.9 Å². The maximum atomic E-state index is 14.3. The lowest BCUT2D eigenvalue weighted by Crippen LogP contribution is -2.47. The second-order valence-electron chi connectivity index (χ2n) is 12.6. The van der Waals surface area contributed by atoms with Gasteiger partial charge in [0.2, 0.25) is 11.8 Å². The van der Waals surface area contributed by atoms with Crippen LogP contribution in [0.25, 0.3) is 11.1 Å². The predicted molar refractivity (Wildman–Crippen MR) is 182 cm³/mol. The summed E-state index contributed by atoms with van der Waals surface area (Å²) in [5.41, 5.74) is 4.12. The Morgan fingerprint density at radius 3 is 2.52 bits per heavy atom. The van der Waals surface area contributed by atoms with Crippen LogP contribution in [0.3, 0.4) is 0 Å². The number of carbonyl (C=O) groups is 2. The SMILES string of the molecule is CC1=CC=CC2=NC(C(=O)NC3CCC(NC(=O)c4cc(F)cnc4Oc4cccc(-c5ccc(CN(C)CCO)cc5)c4)CC3)CN12. The molecule has 3 aromatic rings. The van der Waals surface area contributed by atoms with E-state index in [4.69, 9.17) is 9.84 Å². The van der Waals surface area contributed by atoms with E-state index in [-0.39, 0.29) is 36.0 Å². The lowest BCUT2D eigenvalue weighted by Gasteiger charge is -2.30. The number of hydrogen-bond acceptors (Lipinski definition) is 8. The number of nitrogens with one attached hydrogen (secondary N) is 2. The average molecular weight is 653 g/mol. The van der Waals surface area contributed by atoms with E-state index in [9.17, 15) is 14.0 Å². The number of carbonyl (C=O) groups excluding carboxylic acids is 2. The number of aliphatic hydroxyl groups is 1. The van der Waals surface area contributed by atoms with Gasteiger partial charge in [0.15, 0.2) is 0 Å². The molecule has 6 rings (SSSR count). The summed E-state index contributed by atoms with van der Waals surface area (Å²) in [5.74, 6) is 0.121. The third-order valence-corrected chi connectivity index (χ3v) is 8.97. The summed E-state index contributed by atoms with van der Waals surface area (Å²) < 4.78 is 20.4. The zero-order chi connectivity index (χ0) is 33.6. The Bertz CT molecular complexity index is 1730. The summed E-state index contributed by atoms with van der Waals surface area (Å²) in [6.45, 7) is 3.99. The number of likely N-dealkylation sites (N-methyl/N-ethyl adjacent to an activating group) is 1. The number of pyridine rings is 1. The molecule has 250 valence electrons. The van der Waals surface area contributed by atoms with Gasteiger partial charge < -0.3 is 25.4 Å². The molecular formula is C37H41FN6O4. The zero-order valence-corrected chi connectivity index (χ0v) is 27.2. The van der Waals surface area contributed by atoms with Gasteiger partial charge in [-0.1, -0.05) is 42.5 Å². The van der Waals surface area contributed by atoms with E-state index in [1.807, 2.05) is 84.5 Å². The van der Waals surface area contributed by atoms with Gasteiger partial charge in [-0.3, -0.25) is 19.5 Å². The van der Waals surface area contributed by atoms with Crippen LogP contribution in [-0.2, 0) is 11.3 Å². The van der Waals surface area contributed by atoms with Crippen molar-refractivity contribution in [3.63, 3.8) is 0 Å². The molecule has 0 saturated heterocycles. The van der Waals surface area contributed by atoms with Crippen molar-refractivity contribution < 1.29 is 23.8 Å². The lowest BCUT2D eigenvalue weighted by molar-refractivity contribution is -0.123. The quantitative estimate of drug-likeness (QED) is 0.272. The highest BCUT2D eigenvalue weighted by molar-refractivity contribution is 6.00. The van der Waals surface area contributed by atoms with Gasteiger partial charge in [-0.15, -0.1) is 0 Å². The van der Waals surface area contributed by atoms with Crippen LogP contribution >= 0.6 is 0 Å². The van der Waals surface area contributed by atoms with E-state index < -0.39 is 17.8 Å². The second kappa shape index (κ2) is 14.9. The number of benzene rings is 2. The van der Waals surface area contributed by atoms with E-state index >= 15 is 0 Å². The van der Waals surface area contributed by atoms with E-state index in [0.717, 1.165) is 47.0 Å². The maximum Gasteiger partial charge on any atom is 0.257 e. The van der Waals surface area contributed by atoms with E-state index in [1.165, 1.54) is 0 Å². The van der Waals surface area contributed by atoms with Crippen molar-refractivity contribution in [3.8, 4) is 22.8 Å². The van der Waals surface area contributed by atoms with Gasteiger partial charge in [-0.05, 0) is 86.7 Å². The van der Waals surface area contributed by atoms with Crippen LogP contribution in [-0.4, -0.2) is 82.4 Å². The molecule has 0 spiro atoms. The summed E-state index contributed by atoms with van der Waals surface area (Å²) in [6, 6.07) is 16.2. The number of hydrogen-bond donors (Lipinski definition) is 3. The molecular weight excluding hydrogens is 611 g/mol. The Hall–Kier alpha value is -4.87. The molecule has 3 N–H and O–H groups in total. The molecule has 48 heavy (non-hydrogen) atoms. The largest absolute Gasteiger partial charge is 0.438 e. The first-order valence-corrected chi connectivity index (χ1v) is 16.4. The van der Waals surface area contributed by atoms with Gasteiger partial charge in [0.05, 0.1) is 19.3 Å². The highest BCUT2D eigenvalue weighted by Crippen LogP contribution is 2.30. The summed E-state index contributed by atoms with van der Waals surface area (Å²) in [4.78, 5) is 39.1. The molecule has 2 aliphatic heterocycles. The van der Waals surface area contributed by atoms with Crippen LogP contribution < -0.4 is 15.4 Å². The molecule has 1 aromatic heterocycles. The Labute approximate surface area is 280 Å². The lowest BCUT2D eigenvalue weighted by atomic mass is 9.90. The number of rotatable bonds is 11. The molecule has 0 bridgehead atoms. The number of aliphatic hydroxyl groups excluding tert-OH is 1. The van der Waals surface area contributed by atoms with Gasteiger partial charge in [-0.2, -0.15) is 0 Å². The standard InChI is InChI=1S/C37H41FN6O4/c1-24-5-3-8-34-42-33(23-44(24)34)36(47)41-30-15-13-29(14-16-30)40-35(46)32-20-28(38)21-39-37(32)48-31-7-4-6-27(19-31)26-11-9-25(10-12-26)22-43(2)17-18-45/h3-12,19-21,29-30,33,45H,13-18,22-23H2,1-2H3,(H,40,46)(H,41,47). The van der Waals surface area contributed by atoms with E-state index in [0.29, 0.717) is 44.5 Å². The number of aromatic nitrogens is 1. The molecule has 1 unspecified atom stereocenters. The average Bonchev–Trinajstić information content (AvgIpc) is 3.53. The molecule has 1 atom stereocenters. The Morgan fingerprint density at radius 1 is 1.04 bits per heavy atom. The van der Waals surface area contributed by atoms with Crippen molar-refractivity contribution >= 4 is 17.6 Å². The second-order valence-corrected chi connectivity index (χ2v) is 12.6. The normalized spacial score (nSPS) is 20.2. The van der Waals surface area contributed by atoms with Crippen LogP contribution in [0, 0.1) is 5.82 Å². The minimum absolute atomic E-state index is 0.00136. The first-order valence-electron chi connectivity index (χ1n) is 16.4. The predicted octanol–water partition coefficient (Wildman–Crippen LogP) is 4.82. The van der Waals surface area contributed by atoms with Gasteiger partial charge in [-0.25, -0.2) is 9.37 Å². The third kappa shape index (κ3) is 7.98. The van der Waals surface area contributed by atoms with Crippen LogP contribution in [0.5, 0.6) is 11.6 Å². The molecule has 1 aliphatic carbocycles. The number of fused-ring (bicyclic) bond motifs is 1. The van der Waals surface area contributed by atoms with E-state index in [1.54, 1.807) is 6.07 Å². The highest BCUT2D eigenvalue weighted by Gasteiger charge is 2.33. The van der Waals surface area contributed by atoms with Crippen molar-refractivity contribution in [2.45, 2.75) is 57.3 Å². The monoisotopic (exact) mass is 652 g/mol. The number of ether oxygens (including phenoxy) is 1. The third-order valence-electron chi connectivity index (χ3n) is 8.97. The highest BCUT2D eigenvalue weighted by atomic mass is 19.1. The van der Waals surface area contributed by atoms with Crippen molar-refractivity contribution in [2.75, 3.05) is 26.7 Å². The summed E-state index contributed by atoms with van der Waals surface area (Å²) in [7, 11) is 1.96. The fraction of sp³-hybridized carbons (Fsp3) is 0.351. The molecule has 0 radical (unpaired) electrons. The summed E-state index contributed by atoms with van der Waals surface area (Å²) in [6.07, 6.45) is 9.65. The summed E-state index contributed by atoms with van der Waals surface area (Å²) in [5, 5.41) is 15.3. The van der Waals surface area contributed by atoms with Gasteiger partial charge >= 0.3 is 0 Å². The molecule has 3 aliphatic rings. The molecule has 10 nitrogen and oxygen atoms in total. The van der Waals surface area contributed by atoms with Gasteiger partial charge in [0.1, 0.15) is 29.0 Å². The number of nitrogens with zero attached hydrogens (tertiary/aromatic N) is 4. The fourth-order valence-electron chi connectivity index (χ4n) is 6.33. The number of aliphatic imine (C=N–C) groups is 1. The molecule has 2 amide bonds. The number of amidine groups is 1. The van der Waals surface area contributed by atoms with E-state index in [2.05, 4.69) is 20.6 Å². The van der Waals surface area contributed by atoms with Crippen LogP contribution in [0.15, 0.2) is 89.7 Å². The fourth-order valence-corrected chi connectivity index (χ4v) is 6.33. The first kappa shape index (κ1) is 33.0. The number of allylic oxidation sites excluding steroid dienone is 3. The Balaban J connectivity index is 1.04. The van der Waals surface area contributed by atoms with Crippen molar-refractivity contribution in [1.82, 2.24) is 25.4 Å². The zero-order valence-electron chi connectivity index (χ0n) is 27.2. The van der Waals surface area contributed by atoms with Crippen molar-refractivity contribution in [1.29, 1.82) is 0 Å². The van der Waals surface area contributed by atoms with Gasteiger partial charge in [0.25, 0.3) is 5.91 Å².